The van der Waals surface area contributed by atoms with Crippen molar-refractivity contribution in [1.29, 1.82) is 0 Å². The first-order valence-corrected chi connectivity index (χ1v) is 10.2. The van der Waals surface area contributed by atoms with Crippen LogP contribution in [0.15, 0.2) is 24.3 Å². The van der Waals surface area contributed by atoms with Crippen LogP contribution in [-0.2, 0) is 26.2 Å². The highest BCUT2D eigenvalue weighted by Gasteiger charge is 2.30. The number of nitrogens with zero attached hydrogens (tertiary/aromatic N) is 2. The number of benzene rings is 1. The zero-order valence-electron chi connectivity index (χ0n) is 14.9. The highest BCUT2D eigenvalue weighted by Crippen LogP contribution is 2.22. The molecule has 1 amide bonds. The van der Waals surface area contributed by atoms with Crippen LogP contribution in [-0.4, -0.2) is 67.6 Å². The van der Waals surface area contributed by atoms with Gasteiger partial charge in [0.2, 0.25) is 15.9 Å². The minimum absolute atomic E-state index is 0.00403. The predicted molar refractivity (Wildman–Crippen MR) is 95.2 cm³/mol. The number of carbonyl (C=O) groups is 2. The summed E-state index contributed by atoms with van der Waals surface area (Å²) in [7, 11) is -1.48. The lowest BCUT2D eigenvalue weighted by Crippen LogP contribution is -2.42. The summed E-state index contributed by atoms with van der Waals surface area (Å²) in [5.41, 5.74) is 0.900. The van der Waals surface area contributed by atoms with E-state index >= 15 is 0 Å². The molecule has 9 heteroatoms. The minimum atomic E-state index is -3.20. The average molecular weight is 384 g/mol. The van der Waals surface area contributed by atoms with Crippen molar-refractivity contribution < 1.29 is 27.9 Å². The van der Waals surface area contributed by atoms with Crippen molar-refractivity contribution in [3.63, 3.8) is 0 Å². The molecule has 1 aromatic carbocycles. The van der Waals surface area contributed by atoms with E-state index < -0.39 is 22.6 Å². The van der Waals surface area contributed by atoms with Crippen molar-refractivity contribution in [3.8, 4) is 5.75 Å². The average Bonchev–Trinajstić information content (AvgIpc) is 2.59. The molecule has 0 aromatic heterocycles. The van der Waals surface area contributed by atoms with Crippen LogP contribution >= 0.6 is 0 Å². The number of aliphatic carboxylic acids is 1. The standard InChI is InChI=1S/C17H24N2O6S/c1-18(11-13-3-5-15(6-4-13)25-12-16(20)21)17(22)14-7-9-19(10-8-14)26(2,23)24/h3-6,14H,7-12H2,1-2H3,(H,20,21). The normalized spacial score (nSPS) is 16.2. The van der Waals surface area contributed by atoms with Crippen molar-refractivity contribution in [2.45, 2.75) is 19.4 Å². The second-order valence-corrected chi connectivity index (χ2v) is 8.44. The van der Waals surface area contributed by atoms with Crippen LogP contribution in [0.4, 0.5) is 0 Å². The summed E-state index contributed by atoms with van der Waals surface area (Å²) in [6.45, 7) is 0.769. The van der Waals surface area contributed by atoms with E-state index in [-0.39, 0.29) is 11.8 Å². The van der Waals surface area contributed by atoms with Crippen LogP contribution in [0.3, 0.4) is 0 Å². The predicted octanol–water partition coefficient (Wildman–Crippen LogP) is 0.780. The molecule has 0 atom stereocenters. The van der Waals surface area contributed by atoms with Crippen LogP contribution in [0.2, 0.25) is 0 Å². The summed E-state index contributed by atoms with van der Waals surface area (Å²) in [6.07, 6.45) is 2.24. The number of amides is 1. The monoisotopic (exact) mass is 384 g/mol. The molecule has 2 rings (SSSR count). The van der Waals surface area contributed by atoms with Crippen LogP contribution < -0.4 is 4.74 Å². The van der Waals surface area contributed by atoms with E-state index in [9.17, 15) is 18.0 Å². The number of hydrogen-bond acceptors (Lipinski definition) is 5. The minimum Gasteiger partial charge on any atom is -0.482 e. The van der Waals surface area contributed by atoms with Gasteiger partial charge in [-0.3, -0.25) is 4.79 Å². The summed E-state index contributed by atoms with van der Waals surface area (Å²) in [5, 5.41) is 8.59. The first kappa shape index (κ1) is 20.2. The maximum atomic E-state index is 12.6. The number of sulfonamides is 1. The summed E-state index contributed by atoms with van der Waals surface area (Å²) in [4.78, 5) is 24.7. The van der Waals surface area contributed by atoms with Gasteiger partial charge in [0.15, 0.2) is 6.61 Å². The van der Waals surface area contributed by atoms with E-state index in [1.807, 2.05) is 0 Å². The quantitative estimate of drug-likeness (QED) is 0.745. The molecule has 1 fully saturated rings. The Morgan fingerprint density at radius 1 is 1.23 bits per heavy atom. The summed E-state index contributed by atoms with van der Waals surface area (Å²) in [5.74, 6) is -0.750. The maximum absolute atomic E-state index is 12.6. The Labute approximate surface area is 153 Å². The van der Waals surface area contributed by atoms with Gasteiger partial charge in [0.1, 0.15) is 5.75 Å². The summed E-state index contributed by atoms with van der Waals surface area (Å²) in [6, 6.07) is 6.91. The van der Waals surface area contributed by atoms with E-state index in [0.29, 0.717) is 38.2 Å². The molecule has 0 unspecified atom stereocenters. The zero-order valence-corrected chi connectivity index (χ0v) is 15.7. The number of hydrogen-bond donors (Lipinski definition) is 1. The van der Waals surface area contributed by atoms with E-state index in [2.05, 4.69) is 0 Å². The highest BCUT2D eigenvalue weighted by molar-refractivity contribution is 7.88. The Morgan fingerprint density at radius 2 is 1.81 bits per heavy atom. The molecule has 1 heterocycles. The molecule has 0 saturated carbocycles. The Balaban J connectivity index is 1.86. The van der Waals surface area contributed by atoms with Gasteiger partial charge >= 0.3 is 5.97 Å². The molecule has 1 saturated heterocycles. The van der Waals surface area contributed by atoms with Gasteiger partial charge in [-0.25, -0.2) is 17.5 Å². The van der Waals surface area contributed by atoms with Gasteiger partial charge in [0.25, 0.3) is 0 Å². The third-order valence-corrected chi connectivity index (χ3v) is 5.66. The smallest absolute Gasteiger partial charge is 0.341 e. The second kappa shape index (κ2) is 8.50. The Bertz CT molecular complexity index is 739. The van der Waals surface area contributed by atoms with Crippen molar-refractivity contribution in [2.24, 2.45) is 5.92 Å². The number of carboxylic acids is 1. The van der Waals surface area contributed by atoms with Crippen molar-refractivity contribution >= 4 is 21.9 Å². The molecule has 1 aromatic rings. The van der Waals surface area contributed by atoms with Crippen molar-refractivity contribution in [2.75, 3.05) is 33.0 Å². The second-order valence-electron chi connectivity index (χ2n) is 6.46. The largest absolute Gasteiger partial charge is 0.482 e. The van der Waals surface area contributed by atoms with Crippen molar-refractivity contribution in [1.82, 2.24) is 9.21 Å². The van der Waals surface area contributed by atoms with Crippen molar-refractivity contribution in [3.05, 3.63) is 29.8 Å². The molecule has 1 aliphatic heterocycles. The van der Waals surface area contributed by atoms with Crippen LogP contribution in [0.5, 0.6) is 5.75 Å². The fraction of sp³-hybridized carbons (Fsp3) is 0.529. The highest BCUT2D eigenvalue weighted by atomic mass is 32.2. The third-order valence-electron chi connectivity index (χ3n) is 4.35. The molecule has 26 heavy (non-hydrogen) atoms. The Morgan fingerprint density at radius 3 is 2.31 bits per heavy atom. The molecule has 8 nitrogen and oxygen atoms in total. The van der Waals surface area contributed by atoms with Gasteiger partial charge in [-0.1, -0.05) is 12.1 Å². The lowest BCUT2D eigenvalue weighted by molar-refractivity contribution is -0.139. The van der Waals surface area contributed by atoms with Crippen LogP contribution in [0.1, 0.15) is 18.4 Å². The van der Waals surface area contributed by atoms with Gasteiger partial charge in [-0.15, -0.1) is 0 Å². The maximum Gasteiger partial charge on any atom is 0.341 e. The van der Waals surface area contributed by atoms with Crippen LogP contribution in [0, 0.1) is 5.92 Å². The molecular weight excluding hydrogens is 360 g/mol. The molecule has 144 valence electrons. The lowest BCUT2D eigenvalue weighted by Gasteiger charge is -2.31. The Hall–Kier alpha value is -2.13. The van der Waals surface area contributed by atoms with E-state index in [0.717, 1.165) is 5.56 Å². The molecule has 0 spiro atoms. The molecular formula is C17H24N2O6S. The number of ether oxygens (including phenoxy) is 1. The third kappa shape index (κ3) is 5.70. The van der Waals surface area contributed by atoms with E-state index in [1.165, 1.54) is 10.6 Å². The van der Waals surface area contributed by atoms with E-state index in [4.69, 9.17) is 9.84 Å². The SMILES string of the molecule is CN(Cc1ccc(OCC(=O)O)cc1)C(=O)C1CCN(S(C)(=O)=O)CC1. The molecule has 0 bridgehead atoms. The van der Waals surface area contributed by atoms with Gasteiger partial charge in [-0.05, 0) is 30.5 Å². The number of carboxylic acid groups (broad SMARTS) is 1. The van der Waals surface area contributed by atoms with Gasteiger partial charge in [-0.2, -0.15) is 0 Å². The molecule has 0 aliphatic carbocycles. The molecule has 1 aliphatic rings. The van der Waals surface area contributed by atoms with Crippen LogP contribution in [0.25, 0.3) is 0 Å². The number of carbonyl (C=O) groups excluding carboxylic acids is 1. The summed E-state index contributed by atoms with van der Waals surface area (Å²) < 4.78 is 29.6. The molecule has 1 N–H and O–H groups in total. The van der Waals surface area contributed by atoms with Gasteiger partial charge < -0.3 is 14.7 Å². The first-order chi connectivity index (χ1) is 12.2. The lowest BCUT2D eigenvalue weighted by atomic mass is 9.96. The van der Waals surface area contributed by atoms with Gasteiger partial charge in [0.05, 0.1) is 6.26 Å². The fourth-order valence-electron chi connectivity index (χ4n) is 2.93. The fourth-order valence-corrected chi connectivity index (χ4v) is 3.81. The first-order valence-electron chi connectivity index (χ1n) is 8.30. The van der Waals surface area contributed by atoms with Gasteiger partial charge in [0, 0.05) is 32.6 Å². The van der Waals surface area contributed by atoms with E-state index in [1.54, 1.807) is 36.2 Å². The number of rotatable bonds is 7. The zero-order chi connectivity index (χ0) is 19.3. The topological polar surface area (TPSA) is 104 Å². The summed E-state index contributed by atoms with van der Waals surface area (Å²) >= 11 is 0. The number of piperidine rings is 1. The Kier molecular flexibility index (Phi) is 6.60. The molecule has 0 radical (unpaired) electrons.